The van der Waals surface area contributed by atoms with Crippen LogP contribution in [0, 0.1) is 3.57 Å². The molecule has 0 fully saturated rings. The third-order valence-corrected chi connectivity index (χ3v) is 3.17. The minimum Gasteiger partial charge on any atom is -0.475 e. The molecule has 2 rings (SSSR count). The fraction of sp³-hybridized carbons (Fsp3) is 0.182. The van der Waals surface area contributed by atoms with E-state index in [-0.39, 0.29) is 5.82 Å². The van der Waals surface area contributed by atoms with Gasteiger partial charge in [-0.05, 0) is 34.7 Å². The van der Waals surface area contributed by atoms with Crippen LogP contribution < -0.4 is 0 Å². The van der Waals surface area contributed by atoms with Crippen molar-refractivity contribution in [2.24, 2.45) is 0 Å². The number of nitrogens with zero attached hydrogens (tertiary/aromatic N) is 3. The first-order chi connectivity index (χ1) is 8.13. The lowest BCUT2D eigenvalue weighted by Gasteiger charge is -2.05. The minimum atomic E-state index is -1.11. The molecule has 0 aliphatic rings. The number of hydrogen-bond acceptors (Lipinski definition) is 3. The molecular weight excluding hydrogens is 333 g/mol. The minimum absolute atomic E-state index is 0.165. The lowest BCUT2D eigenvalue weighted by atomic mass is 10.3. The Morgan fingerprint density at radius 1 is 1.47 bits per heavy atom. The summed E-state index contributed by atoms with van der Waals surface area (Å²) in [6, 6.07) is 7.64. The van der Waals surface area contributed by atoms with E-state index < -0.39 is 5.97 Å². The van der Waals surface area contributed by atoms with E-state index in [2.05, 4.69) is 32.7 Å². The van der Waals surface area contributed by atoms with E-state index in [4.69, 9.17) is 5.11 Å². The van der Waals surface area contributed by atoms with E-state index in [9.17, 15) is 4.79 Å². The molecule has 1 N–H and O–H groups in total. The van der Waals surface area contributed by atoms with Gasteiger partial charge < -0.3 is 5.11 Å². The van der Waals surface area contributed by atoms with E-state index >= 15 is 0 Å². The van der Waals surface area contributed by atoms with Crippen LogP contribution in [0.15, 0.2) is 24.3 Å². The number of aromatic carboxylic acids is 1. The first-order valence-electron chi connectivity index (χ1n) is 5.07. The van der Waals surface area contributed by atoms with Gasteiger partial charge in [0, 0.05) is 9.99 Å². The molecule has 0 spiro atoms. The molecular formula is C11H10IN3O2. The lowest BCUT2D eigenvalue weighted by Crippen LogP contribution is -2.04. The number of hydrogen-bond donors (Lipinski definition) is 1. The number of carboxylic acids is 1. The molecule has 0 saturated heterocycles. The Labute approximate surface area is 112 Å². The summed E-state index contributed by atoms with van der Waals surface area (Å²) in [5.74, 6) is -0.627. The normalized spacial score (nSPS) is 10.5. The van der Waals surface area contributed by atoms with Gasteiger partial charge in [0.15, 0.2) is 0 Å². The highest BCUT2D eigenvalue weighted by Crippen LogP contribution is 2.17. The van der Waals surface area contributed by atoms with Crippen molar-refractivity contribution in [3.8, 4) is 5.69 Å². The maximum Gasteiger partial charge on any atom is 0.375 e. The average molecular weight is 343 g/mol. The van der Waals surface area contributed by atoms with Gasteiger partial charge in [-0.15, -0.1) is 5.10 Å². The molecule has 1 aromatic carbocycles. The Kier molecular flexibility index (Phi) is 3.41. The summed E-state index contributed by atoms with van der Waals surface area (Å²) in [6.45, 7) is 1.92. The van der Waals surface area contributed by atoms with Crippen LogP contribution in [0.2, 0.25) is 0 Å². The standard InChI is InChI=1S/C11H10IN3O2/c1-2-9-13-10(11(16)17)14-15(9)8-6-4-3-5-7(8)12/h3-6H,2H2,1H3,(H,16,17). The van der Waals surface area contributed by atoms with Gasteiger partial charge in [0.2, 0.25) is 0 Å². The maximum absolute atomic E-state index is 10.9. The number of benzene rings is 1. The van der Waals surface area contributed by atoms with Gasteiger partial charge in [-0.3, -0.25) is 0 Å². The largest absolute Gasteiger partial charge is 0.475 e. The molecule has 0 atom stereocenters. The number of aromatic nitrogens is 3. The first-order valence-corrected chi connectivity index (χ1v) is 6.15. The van der Waals surface area contributed by atoms with Crippen molar-refractivity contribution < 1.29 is 9.90 Å². The number of carboxylic acid groups (broad SMARTS) is 1. The molecule has 5 nitrogen and oxygen atoms in total. The highest BCUT2D eigenvalue weighted by molar-refractivity contribution is 14.1. The lowest BCUT2D eigenvalue weighted by molar-refractivity contribution is 0.0683. The number of carbonyl (C=O) groups is 1. The molecule has 17 heavy (non-hydrogen) atoms. The van der Waals surface area contributed by atoms with Crippen LogP contribution in [-0.2, 0) is 6.42 Å². The molecule has 1 heterocycles. The molecule has 6 heteroatoms. The van der Waals surface area contributed by atoms with Crippen molar-refractivity contribution in [3.63, 3.8) is 0 Å². The van der Waals surface area contributed by atoms with E-state index in [1.54, 1.807) is 4.68 Å². The summed E-state index contributed by atoms with van der Waals surface area (Å²) in [7, 11) is 0. The SMILES string of the molecule is CCc1nc(C(=O)O)nn1-c1ccccc1I. The first kappa shape index (κ1) is 12.0. The second-order valence-corrected chi connectivity index (χ2v) is 4.54. The molecule has 0 amide bonds. The smallest absolute Gasteiger partial charge is 0.375 e. The van der Waals surface area contributed by atoms with Crippen molar-refractivity contribution >= 4 is 28.6 Å². The topological polar surface area (TPSA) is 68.0 Å². The summed E-state index contributed by atoms with van der Waals surface area (Å²) in [5, 5.41) is 12.9. The second kappa shape index (κ2) is 4.82. The Hall–Kier alpha value is -1.44. The predicted molar refractivity (Wildman–Crippen MR) is 70.4 cm³/mol. The van der Waals surface area contributed by atoms with E-state index in [0.717, 1.165) is 9.26 Å². The van der Waals surface area contributed by atoms with Crippen LogP contribution in [0.3, 0.4) is 0 Å². The number of para-hydroxylation sites is 1. The fourth-order valence-corrected chi connectivity index (χ4v) is 2.10. The quantitative estimate of drug-likeness (QED) is 0.867. The van der Waals surface area contributed by atoms with Gasteiger partial charge in [-0.25, -0.2) is 14.5 Å². The Balaban J connectivity index is 2.59. The monoisotopic (exact) mass is 343 g/mol. The van der Waals surface area contributed by atoms with E-state index in [1.165, 1.54) is 0 Å². The Morgan fingerprint density at radius 3 is 2.76 bits per heavy atom. The van der Waals surface area contributed by atoms with Gasteiger partial charge in [0.25, 0.3) is 5.82 Å². The number of halogens is 1. The van der Waals surface area contributed by atoms with Crippen molar-refractivity contribution in [1.29, 1.82) is 0 Å². The number of aryl methyl sites for hydroxylation is 1. The van der Waals surface area contributed by atoms with Gasteiger partial charge in [0.05, 0.1) is 5.69 Å². The third kappa shape index (κ3) is 2.31. The van der Waals surface area contributed by atoms with Crippen molar-refractivity contribution in [1.82, 2.24) is 14.8 Å². The van der Waals surface area contributed by atoms with Gasteiger partial charge in [0.1, 0.15) is 5.82 Å². The zero-order valence-electron chi connectivity index (χ0n) is 9.09. The Bertz CT molecular complexity index is 566. The van der Waals surface area contributed by atoms with E-state index in [1.807, 2.05) is 31.2 Å². The van der Waals surface area contributed by atoms with Crippen LogP contribution in [0.5, 0.6) is 0 Å². The molecule has 0 bridgehead atoms. The predicted octanol–water partition coefficient (Wildman–Crippen LogP) is 2.13. The van der Waals surface area contributed by atoms with Crippen molar-refractivity contribution in [3.05, 3.63) is 39.5 Å². The highest BCUT2D eigenvalue weighted by atomic mass is 127. The average Bonchev–Trinajstić information content (AvgIpc) is 2.73. The fourth-order valence-electron chi connectivity index (χ4n) is 1.48. The summed E-state index contributed by atoms with van der Waals surface area (Å²) in [4.78, 5) is 14.9. The van der Waals surface area contributed by atoms with Gasteiger partial charge >= 0.3 is 5.97 Å². The highest BCUT2D eigenvalue weighted by Gasteiger charge is 2.16. The molecule has 1 aromatic heterocycles. The van der Waals surface area contributed by atoms with Gasteiger partial charge in [-0.2, -0.15) is 0 Å². The third-order valence-electron chi connectivity index (χ3n) is 2.26. The molecule has 0 unspecified atom stereocenters. The van der Waals surface area contributed by atoms with Crippen LogP contribution >= 0.6 is 22.6 Å². The molecule has 88 valence electrons. The number of rotatable bonds is 3. The summed E-state index contributed by atoms with van der Waals surface area (Å²) in [5.41, 5.74) is 0.852. The van der Waals surface area contributed by atoms with Crippen LogP contribution in [0.25, 0.3) is 5.69 Å². The molecule has 0 aliphatic carbocycles. The molecule has 2 aromatic rings. The zero-order chi connectivity index (χ0) is 12.4. The van der Waals surface area contributed by atoms with Gasteiger partial charge in [-0.1, -0.05) is 19.1 Å². The summed E-state index contributed by atoms with van der Waals surface area (Å²) < 4.78 is 2.59. The van der Waals surface area contributed by atoms with Crippen LogP contribution in [0.4, 0.5) is 0 Å². The van der Waals surface area contributed by atoms with Crippen LogP contribution in [0.1, 0.15) is 23.4 Å². The maximum atomic E-state index is 10.9. The molecule has 0 aliphatic heterocycles. The second-order valence-electron chi connectivity index (χ2n) is 3.37. The Morgan fingerprint density at radius 2 is 2.18 bits per heavy atom. The van der Waals surface area contributed by atoms with Crippen molar-refractivity contribution in [2.75, 3.05) is 0 Å². The molecule has 0 radical (unpaired) electrons. The zero-order valence-corrected chi connectivity index (χ0v) is 11.2. The summed E-state index contributed by atoms with van der Waals surface area (Å²) >= 11 is 2.19. The van der Waals surface area contributed by atoms with E-state index in [0.29, 0.717) is 12.2 Å². The van der Waals surface area contributed by atoms with Crippen LogP contribution in [-0.4, -0.2) is 25.8 Å². The van der Waals surface area contributed by atoms with Crippen molar-refractivity contribution in [2.45, 2.75) is 13.3 Å². The summed E-state index contributed by atoms with van der Waals surface area (Å²) in [6.07, 6.45) is 0.630. The molecule has 0 saturated carbocycles.